The second kappa shape index (κ2) is 12.3. The highest BCUT2D eigenvalue weighted by molar-refractivity contribution is 7.89. The molecule has 5 rings (SSSR count). The second-order valence-electron chi connectivity index (χ2n) is 10.00. The summed E-state index contributed by atoms with van der Waals surface area (Å²) in [6, 6.07) is 11.9. The van der Waals surface area contributed by atoms with Crippen molar-refractivity contribution < 1.29 is 22.7 Å². The van der Waals surface area contributed by atoms with Crippen molar-refractivity contribution in [2.45, 2.75) is 44.4 Å². The first kappa shape index (κ1) is 29.2. The lowest BCUT2D eigenvalue weighted by Crippen LogP contribution is -2.40. The molecule has 12 heteroatoms. The fourth-order valence-electron chi connectivity index (χ4n) is 5.00. The predicted molar refractivity (Wildman–Crippen MR) is 158 cm³/mol. The highest BCUT2D eigenvalue weighted by Gasteiger charge is 2.32. The molecule has 0 aliphatic carbocycles. The quantitative estimate of drug-likeness (QED) is 0.266. The molecule has 1 saturated heterocycles. The van der Waals surface area contributed by atoms with Gasteiger partial charge in [0.2, 0.25) is 10.0 Å². The van der Waals surface area contributed by atoms with E-state index in [1.807, 2.05) is 26.0 Å². The van der Waals surface area contributed by atoms with E-state index in [0.29, 0.717) is 47.0 Å². The maximum atomic E-state index is 13.8. The topological polar surface area (TPSA) is 147 Å². The van der Waals surface area contributed by atoms with Gasteiger partial charge in [-0.05, 0) is 55.3 Å². The number of ketones is 1. The molecule has 220 valence electrons. The number of methoxy groups -OCH3 is 1. The van der Waals surface area contributed by atoms with Crippen LogP contribution in [0.1, 0.15) is 49.3 Å². The fourth-order valence-corrected chi connectivity index (χ4v) is 6.47. The van der Waals surface area contributed by atoms with E-state index in [-0.39, 0.29) is 47.7 Å². The minimum absolute atomic E-state index is 0.0485. The summed E-state index contributed by atoms with van der Waals surface area (Å²) < 4.78 is 40.0. The minimum atomic E-state index is -3.97. The largest absolute Gasteiger partial charge is 0.497 e. The Morgan fingerprint density at radius 1 is 1.10 bits per heavy atom. The van der Waals surface area contributed by atoms with Crippen molar-refractivity contribution in [1.82, 2.24) is 24.5 Å². The molecule has 0 atom stereocenters. The van der Waals surface area contributed by atoms with Gasteiger partial charge < -0.3 is 14.5 Å². The average Bonchev–Trinajstić information content (AvgIpc) is 3.38. The van der Waals surface area contributed by atoms with Gasteiger partial charge in [0.05, 0.1) is 24.3 Å². The maximum Gasteiger partial charge on any atom is 0.279 e. The molecule has 1 fully saturated rings. The Labute approximate surface area is 243 Å². The van der Waals surface area contributed by atoms with E-state index in [1.54, 1.807) is 37.5 Å². The number of hydrogen-bond donors (Lipinski definition) is 2. The standard InChI is InChI=1S/C30H33N5O6S/c1-4-7-24-28-29(34-33-24)30(37)32-27(31-28)17-20-16-23(10-11-26(20)41-5-2)42(38,39)35-13-12-25(36)21(18-35)14-19-8-6-9-22(15-19)40-3/h6,8-11,14-16H,4-5,7,12-13,17-18H2,1-3H3,(H,33,34)(H,31,32,37)/b21-14-. The van der Waals surface area contributed by atoms with Crippen LogP contribution in [-0.2, 0) is 27.7 Å². The smallest absolute Gasteiger partial charge is 0.279 e. The average molecular weight is 592 g/mol. The number of nitrogens with one attached hydrogen (secondary N) is 2. The number of fused-ring (bicyclic) bond motifs is 1. The van der Waals surface area contributed by atoms with Crippen LogP contribution in [0.3, 0.4) is 0 Å². The number of sulfonamides is 1. The Kier molecular flexibility index (Phi) is 8.55. The van der Waals surface area contributed by atoms with Crippen molar-refractivity contribution in [3.8, 4) is 11.5 Å². The SMILES string of the molecule is CCCc1[nH]nc2c(=O)[nH]c(Cc3cc(S(=O)(=O)N4CCC(=O)/C(=C\c5cccc(OC)c5)C4)ccc3OCC)nc12. The molecule has 2 aromatic carbocycles. The van der Waals surface area contributed by atoms with Crippen LogP contribution in [0.5, 0.6) is 11.5 Å². The minimum Gasteiger partial charge on any atom is -0.497 e. The van der Waals surface area contributed by atoms with Crippen LogP contribution in [0.15, 0.2) is 57.7 Å². The van der Waals surface area contributed by atoms with Gasteiger partial charge in [0.1, 0.15) is 22.8 Å². The molecule has 1 aliphatic heterocycles. The zero-order valence-electron chi connectivity index (χ0n) is 23.8. The second-order valence-corrected chi connectivity index (χ2v) is 11.9. The number of aromatic nitrogens is 4. The first-order chi connectivity index (χ1) is 20.2. The van der Waals surface area contributed by atoms with Crippen molar-refractivity contribution in [1.29, 1.82) is 0 Å². The first-order valence-electron chi connectivity index (χ1n) is 13.8. The van der Waals surface area contributed by atoms with Crippen LogP contribution < -0.4 is 15.0 Å². The van der Waals surface area contributed by atoms with E-state index in [9.17, 15) is 18.0 Å². The van der Waals surface area contributed by atoms with Gasteiger partial charge in [-0.2, -0.15) is 9.40 Å². The Hall–Kier alpha value is -4.29. The van der Waals surface area contributed by atoms with Gasteiger partial charge in [0, 0.05) is 37.1 Å². The number of carbonyl (C=O) groups is 1. The number of carbonyl (C=O) groups excluding carboxylic acids is 1. The van der Waals surface area contributed by atoms with Gasteiger partial charge in [-0.1, -0.05) is 25.5 Å². The van der Waals surface area contributed by atoms with Crippen molar-refractivity contribution in [2.24, 2.45) is 0 Å². The highest BCUT2D eigenvalue weighted by atomic mass is 32.2. The number of nitrogens with zero attached hydrogens (tertiary/aromatic N) is 3. The third kappa shape index (κ3) is 6.00. The van der Waals surface area contributed by atoms with Gasteiger partial charge in [0.25, 0.3) is 5.56 Å². The predicted octanol–water partition coefficient (Wildman–Crippen LogP) is 3.64. The van der Waals surface area contributed by atoms with E-state index >= 15 is 0 Å². The molecular weight excluding hydrogens is 558 g/mol. The summed E-state index contributed by atoms with van der Waals surface area (Å²) in [7, 11) is -2.41. The van der Waals surface area contributed by atoms with Crippen molar-refractivity contribution >= 4 is 32.9 Å². The van der Waals surface area contributed by atoms with E-state index in [2.05, 4.69) is 20.2 Å². The Bertz CT molecular complexity index is 1830. The van der Waals surface area contributed by atoms with E-state index in [1.165, 1.54) is 10.4 Å². The van der Waals surface area contributed by atoms with Crippen LogP contribution in [0, 0.1) is 0 Å². The summed E-state index contributed by atoms with van der Waals surface area (Å²) >= 11 is 0. The normalized spacial score (nSPS) is 15.4. The number of aryl methyl sites for hydroxylation is 1. The summed E-state index contributed by atoms with van der Waals surface area (Å²) in [5.74, 6) is 1.41. The molecule has 0 spiro atoms. The van der Waals surface area contributed by atoms with Crippen molar-refractivity contribution in [3.05, 3.63) is 81.0 Å². The van der Waals surface area contributed by atoms with Crippen molar-refractivity contribution in [2.75, 3.05) is 26.8 Å². The number of aromatic amines is 2. The lowest BCUT2D eigenvalue weighted by molar-refractivity contribution is -0.116. The van der Waals surface area contributed by atoms with E-state index in [4.69, 9.17) is 9.47 Å². The van der Waals surface area contributed by atoms with Gasteiger partial charge in [-0.15, -0.1) is 0 Å². The van der Waals surface area contributed by atoms with Crippen LogP contribution in [0.25, 0.3) is 17.1 Å². The molecule has 0 amide bonds. The lowest BCUT2D eigenvalue weighted by atomic mass is 10.0. The fraction of sp³-hybridized carbons (Fsp3) is 0.333. The molecule has 11 nitrogen and oxygen atoms in total. The van der Waals surface area contributed by atoms with Crippen LogP contribution in [-0.4, -0.2) is 65.5 Å². The number of hydrogen-bond acceptors (Lipinski definition) is 8. The summed E-state index contributed by atoms with van der Waals surface area (Å²) in [4.78, 5) is 32.9. The molecule has 0 saturated carbocycles. The number of piperidine rings is 1. The number of rotatable bonds is 10. The molecule has 0 radical (unpaired) electrons. The Morgan fingerprint density at radius 3 is 2.69 bits per heavy atom. The molecule has 2 N–H and O–H groups in total. The molecule has 3 heterocycles. The number of benzene rings is 2. The van der Waals surface area contributed by atoms with Gasteiger partial charge in [0.15, 0.2) is 11.3 Å². The van der Waals surface area contributed by atoms with E-state index in [0.717, 1.165) is 17.7 Å². The van der Waals surface area contributed by atoms with Gasteiger partial charge >= 0.3 is 0 Å². The number of ether oxygens (including phenoxy) is 2. The molecule has 0 bridgehead atoms. The van der Waals surface area contributed by atoms with Gasteiger partial charge in [-0.3, -0.25) is 14.7 Å². The zero-order valence-corrected chi connectivity index (χ0v) is 24.6. The highest BCUT2D eigenvalue weighted by Crippen LogP contribution is 2.29. The van der Waals surface area contributed by atoms with E-state index < -0.39 is 10.0 Å². The Balaban J connectivity index is 1.47. The lowest BCUT2D eigenvalue weighted by Gasteiger charge is -2.27. The molecule has 0 unspecified atom stereocenters. The molecule has 42 heavy (non-hydrogen) atoms. The van der Waals surface area contributed by atoms with Crippen LogP contribution in [0.4, 0.5) is 0 Å². The Morgan fingerprint density at radius 2 is 1.93 bits per heavy atom. The molecule has 1 aliphatic rings. The number of Topliss-reactive ketones (excluding diaryl/α,β-unsaturated/α-hetero) is 1. The summed E-state index contributed by atoms with van der Waals surface area (Å²) in [6.07, 6.45) is 3.47. The first-order valence-corrected chi connectivity index (χ1v) is 15.3. The molecule has 4 aromatic rings. The zero-order chi connectivity index (χ0) is 29.9. The van der Waals surface area contributed by atoms with Crippen LogP contribution in [0.2, 0.25) is 0 Å². The third-order valence-electron chi connectivity index (χ3n) is 7.09. The number of H-pyrrole nitrogens is 2. The van der Waals surface area contributed by atoms with Crippen LogP contribution >= 0.6 is 0 Å². The molecular formula is C30H33N5O6S. The third-order valence-corrected chi connectivity index (χ3v) is 8.93. The molecule has 2 aromatic heterocycles. The summed E-state index contributed by atoms with van der Waals surface area (Å²) in [6.45, 7) is 4.26. The van der Waals surface area contributed by atoms with Crippen molar-refractivity contribution in [3.63, 3.8) is 0 Å². The summed E-state index contributed by atoms with van der Waals surface area (Å²) in [5, 5.41) is 7.00. The summed E-state index contributed by atoms with van der Waals surface area (Å²) in [5.41, 5.74) is 2.86. The monoisotopic (exact) mass is 591 g/mol. The van der Waals surface area contributed by atoms with Gasteiger partial charge in [-0.25, -0.2) is 13.4 Å². The maximum absolute atomic E-state index is 13.8.